The van der Waals surface area contributed by atoms with E-state index in [9.17, 15) is 0 Å². The van der Waals surface area contributed by atoms with E-state index in [1.165, 1.54) is 5.56 Å². The third-order valence-corrected chi connectivity index (χ3v) is 2.05. The van der Waals surface area contributed by atoms with E-state index in [4.69, 9.17) is 5.73 Å². The van der Waals surface area contributed by atoms with Gasteiger partial charge in [0.1, 0.15) is 0 Å². The minimum Gasteiger partial charge on any atom is -0.399 e. The van der Waals surface area contributed by atoms with Crippen LogP contribution in [0, 0.1) is 6.92 Å². The van der Waals surface area contributed by atoms with Crippen molar-refractivity contribution in [2.75, 3.05) is 5.73 Å². The van der Waals surface area contributed by atoms with Crippen LogP contribution in [0.25, 0.3) is 0 Å². The van der Waals surface area contributed by atoms with Crippen molar-refractivity contribution in [3.8, 4) is 0 Å². The number of hydrogen-bond acceptors (Lipinski definition) is 1. The molecule has 56 valence electrons. The van der Waals surface area contributed by atoms with Crippen LogP contribution >= 0.6 is 32.9 Å². The Bertz CT molecular complexity index is 223. The van der Waals surface area contributed by atoms with Crippen molar-refractivity contribution in [2.24, 2.45) is 0 Å². The predicted molar refractivity (Wildman–Crippen MR) is 53.6 cm³/mol. The molecule has 0 spiro atoms. The fraction of sp³-hybridized carbons (Fsp3) is 0.143. The highest BCUT2D eigenvalue weighted by Crippen LogP contribution is 2.17. The molecule has 1 aromatic rings. The molecule has 1 aromatic carbocycles. The van der Waals surface area contributed by atoms with Gasteiger partial charge in [-0.15, -0.1) is 17.0 Å². The van der Waals surface area contributed by atoms with E-state index in [0.717, 1.165) is 10.2 Å². The lowest BCUT2D eigenvalue weighted by Crippen LogP contribution is -1.84. The van der Waals surface area contributed by atoms with E-state index in [1.54, 1.807) is 0 Å². The van der Waals surface area contributed by atoms with Crippen LogP contribution in [0.15, 0.2) is 22.7 Å². The van der Waals surface area contributed by atoms with E-state index in [2.05, 4.69) is 15.9 Å². The molecule has 0 fully saturated rings. The molecule has 0 unspecified atom stereocenters. The fourth-order valence-electron chi connectivity index (χ4n) is 0.609. The van der Waals surface area contributed by atoms with Crippen molar-refractivity contribution in [1.29, 1.82) is 0 Å². The van der Waals surface area contributed by atoms with Crippen LogP contribution in [0.3, 0.4) is 0 Å². The van der Waals surface area contributed by atoms with E-state index in [0.29, 0.717) is 0 Å². The van der Waals surface area contributed by atoms with Crippen molar-refractivity contribution in [3.05, 3.63) is 28.2 Å². The molecule has 0 aliphatic carbocycles. The maximum absolute atomic E-state index is 5.50. The molecule has 0 aromatic heterocycles. The van der Waals surface area contributed by atoms with Crippen molar-refractivity contribution < 1.29 is 0 Å². The molecular formula is C7H9Br2N. The average Bonchev–Trinajstić information content (AvgIpc) is 1.80. The van der Waals surface area contributed by atoms with Crippen molar-refractivity contribution in [2.45, 2.75) is 6.92 Å². The number of nitrogens with two attached hydrogens (primary N) is 1. The zero-order chi connectivity index (χ0) is 6.85. The molecule has 0 atom stereocenters. The Morgan fingerprint density at radius 1 is 1.40 bits per heavy atom. The van der Waals surface area contributed by atoms with Crippen LogP contribution < -0.4 is 5.73 Å². The highest BCUT2D eigenvalue weighted by molar-refractivity contribution is 9.10. The van der Waals surface area contributed by atoms with E-state index < -0.39 is 0 Å². The van der Waals surface area contributed by atoms with Crippen LogP contribution in [-0.4, -0.2) is 0 Å². The Kier molecular flexibility index (Phi) is 3.98. The lowest BCUT2D eigenvalue weighted by molar-refractivity contribution is 1.43. The van der Waals surface area contributed by atoms with Crippen LogP contribution in [0.1, 0.15) is 5.56 Å². The van der Waals surface area contributed by atoms with Gasteiger partial charge in [0.15, 0.2) is 0 Å². The molecule has 0 saturated heterocycles. The summed E-state index contributed by atoms with van der Waals surface area (Å²) >= 11 is 3.37. The van der Waals surface area contributed by atoms with Gasteiger partial charge >= 0.3 is 0 Å². The summed E-state index contributed by atoms with van der Waals surface area (Å²) in [5.74, 6) is 0. The van der Waals surface area contributed by atoms with Crippen LogP contribution in [0.5, 0.6) is 0 Å². The first-order valence-corrected chi connectivity index (χ1v) is 3.51. The molecule has 0 aliphatic rings. The topological polar surface area (TPSA) is 26.0 Å². The second-order valence-electron chi connectivity index (χ2n) is 2.01. The van der Waals surface area contributed by atoms with Crippen molar-refractivity contribution in [1.82, 2.24) is 0 Å². The van der Waals surface area contributed by atoms with Crippen LogP contribution in [-0.2, 0) is 0 Å². The van der Waals surface area contributed by atoms with Gasteiger partial charge in [-0.25, -0.2) is 0 Å². The zero-order valence-electron chi connectivity index (χ0n) is 5.60. The number of nitrogen functional groups attached to an aromatic ring is 1. The highest BCUT2D eigenvalue weighted by Gasteiger charge is 1.91. The summed E-state index contributed by atoms with van der Waals surface area (Å²) in [5, 5.41) is 0. The minimum atomic E-state index is 0. The molecule has 0 saturated carbocycles. The van der Waals surface area contributed by atoms with Gasteiger partial charge in [0.2, 0.25) is 0 Å². The number of benzene rings is 1. The number of aryl methyl sites for hydroxylation is 1. The first-order chi connectivity index (χ1) is 4.20. The summed E-state index contributed by atoms with van der Waals surface area (Å²) in [7, 11) is 0. The van der Waals surface area contributed by atoms with Crippen molar-refractivity contribution in [3.63, 3.8) is 0 Å². The lowest BCUT2D eigenvalue weighted by Gasteiger charge is -1.96. The summed E-state index contributed by atoms with van der Waals surface area (Å²) < 4.78 is 1.07. The van der Waals surface area contributed by atoms with Gasteiger partial charge in [0.25, 0.3) is 0 Å². The molecule has 3 heteroatoms. The Hall–Kier alpha value is -0.0200. The van der Waals surface area contributed by atoms with Gasteiger partial charge in [-0.1, -0.05) is 22.0 Å². The first kappa shape index (κ1) is 9.98. The number of halogens is 2. The third kappa shape index (κ3) is 2.31. The zero-order valence-corrected chi connectivity index (χ0v) is 8.89. The number of hydrogen-bond donors (Lipinski definition) is 1. The molecule has 1 nitrogen and oxygen atoms in total. The van der Waals surface area contributed by atoms with Gasteiger partial charge in [-0.2, -0.15) is 0 Å². The van der Waals surface area contributed by atoms with Gasteiger partial charge in [-0.3, -0.25) is 0 Å². The summed E-state index contributed by atoms with van der Waals surface area (Å²) in [6.07, 6.45) is 0. The monoisotopic (exact) mass is 265 g/mol. The molecule has 0 heterocycles. The molecule has 0 amide bonds. The second kappa shape index (κ2) is 3.98. The third-order valence-electron chi connectivity index (χ3n) is 1.20. The predicted octanol–water partition coefficient (Wildman–Crippen LogP) is 2.92. The summed E-state index contributed by atoms with van der Waals surface area (Å²) in [4.78, 5) is 0. The quantitative estimate of drug-likeness (QED) is 0.718. The van der Waals surface area contributed by atoms with Gasteiger partial charge in [0.05, 0.1) is 0 Å². The lowest BCUT2D eigenvalue weighted by atomic mass is 10.2. The van der Waals surface area contributed by atoms with Crippen molar-refractivity contribution >= 4 is 38.6 Å². The van der Waals surface area contributed by atoms with E-state index >= 15 is 0 Å². The SMILES string of the molecule is Br.Cc1ccc(N)cc1Br. The fourth-order valence-corrected chi connectivity index (χ4v) is 1.01. The normalized spacial score (nSPS) is 8.60. The Balaban J connectivity index is 0.000000810. The Morgan fingerprint density at radius 2 is 2.00 bits per heavy atom. The van der Waals surface area contributed by atoms with Gasteiger partial charge in [0, 0.05) is 10.2 Å². The molecule has 2 N–H and O–H groups in total. The molecular weight excluding hydrogens is 258 g/mol. The maximum Gasteiger partial charge on any atom is 0.0325 e. The Labute approximate surface area is 79.5 Å². The van der Waals surface area contributed by atoms with Gasteiger partial charge < -0.3 is 5.73 Å². The van der Waals surface area contributed by atoms with Crippen LogP contribution in [0.4, 0.5) is 5.69 Å². The second-order valence-corrected chi connectivity index (χ2v) is 2.86. The summed E-state index contributed by atoms with van der Waals surface area (Å²) in [5.41, 5.74) is 7.51. The smallest absolute Gasteiger partial charge is 0.0325 e. The first-order valence-electron chi connectivity index (χ1n) is 2.72. The summed E-state index contributed by atoms with van der Waals surface area (Å²) in [6.45, 7) is 2.03. The van der Waals surface area contributed by atoms with Crippen LogP contribution in [0.2, 0.25) is 0 Å². The standard InChI is InChI=1S/C7H8BrN.BrH/c1-5-2-3-6(9)4-7(5)8;/h2-4H,9H2,1H3;1H. The molecule has 0 bridgehead atoms. The summed E-state index contributed by atoms with van der Waals surface area (Å²) in [6, 6.07) is 5.77. The van der Waals surface area contributed by atoms with E-state index in [-0.39, 0.29) is 17.0 Å². The number of rotatable bonds is 0. The molecule has 10 heavy (non-hydrogen) atoms. The maximum atomic E-state index is 5.50. The molecule has 1 rings (SSSR count). The number of anilines is 1. The molecule has 0 aliphatic heterocycles. The minimum absolute atomic E-state index is 0. The van der Waals surface area contributed by atoms with E-state index in [1.807, 2.05) is 25.1 Å². The highest BCUT2D eigenvalue weighted by atomic mass is 79.9. The van der Waals surface area contributed by atoms with Gasteiger partial charge in [-0.05, 0) is 24.6 Å². The largest absolute Gasteiger partial charge is 0.399 e. The Morgan fingerprint density at radius 3 is 2.40 bits per heavy atom. The molecule has 0 radical (unpaired) electrons. The average molecular weight is 267 g/mol.